The molecule has 0 spiro atoms. The third-order valence-electron chi connectivity index (χ3n) is 4.88. The maximum atomic E-state index is 12.8. The van der Waals surface area contributed by atoms with E-state index in [1.165, 1.54) is 14.2 Å². The van der Waals surface area contributed by atoms with Gasteiger partial charge in [0.15, 0.2) is 6.10 Å². The van der Waals surface area contributed by atoms with Gasteiger partial charge in [-0.05, 0) is 22.3 Å². The number of amides is 1. The van der Waals surface area contributed by atoms with E-state index in [-0.39, 0.29) is 5.91 Å². The monoisotopic (exact) mass is 403 g/mol. The molecule has 0 fully saturated rings. The normalized spacial score (nSPS) is 12.6. The molecule has 3 rings (SSSR count). The number of rotatable bonds is 8. The van der Waals surface area contributed by atoms with Crippen molar-refractivity contribution in [2.45, 2.75) is 18.6 Å². The Morgan fingerprint density at radius 2 is 1.37 bits per heavy atom. The van der Waals surface area contributed by atoms with Crippen molar-refractivity contribution < 1.29 is 19.1 Å². The molecule has 0 aliphatic rings. The summed E-state index contributed by atoms with van der Waals surface area (Å²) in [6.07, 6.45) is -0.488. The molecule has 154 valence electrons. The van der Waals surface area contributed by atoms with Crippen molar-refractivity contribution in [1.82, 2.24) is 5.32 Å². The van der Waals surface area contributed by atoms with Crippen LogP contribution in [0.4, 0.5) is 0 Å². The number of hydrogen-bond acceptors (Lipinski definition) is 4. The van der Waals surface area contributed by atoms with Crippen molar-refractivity contribution in [2.75, 3.05) is 14.2 Å². The highest BCUT2D eigenvalue weighted by atomic mass is 16.5. The summed E-state index contributed by atoms with van der Waals surface area (Å²) in [6, 6.07) is 26.3. The first-order chi connectivity index (χ1) is 14.6. The highest BCUT2D eigenvalue weighted by Crippen LogP contribution is 2.20. The van der Waals surface area contributed by atoms with Gasteiger partial charge in [-0.25, -0.2) is 4.79 Å². The SMILES string of the molecule is COC(=O)[C@@H](Cc1ccc(-c2ccccc2)cc1)NC(=O)[C@H](OC)c1ccccc1. The zero-order valence-electron chi connectivity index (χ0n) is 17.1. The lowest BCUT2D eigenvalue weighted by atomic mass is 10.00. The highest BCUT2D eigenvalue weighted by molar-refractivity contribution is 5.88. The molecule has 0 saturated heterocycles. The van der Waals surface area contributed by atoms with Gasteiger partial charge in [0.25, 0.3) is 5.91 Å². The summed E-state index contributed by atoms with van der Waals surface area (Å²) < 4.78 is 10.3. The minimum atomic E-state index is -0.813. The Bertz CT molecular complexity index is 955. The van der Waals surface area contributed by atoms with Crippen LogP contribution < -0.4 is 5.32 Å². The summed E-state index contributed by atoms with van der Waals surface area (Å²) in [5.74, 6) is -0.890. The Kier molecular flexibility index (Phi) is 7.35. The average Bonchev–Trinajstić information content (AvgIpc) is 2.80. The van der Waals surface area contributed by atoms with Gasteiger partial charge < -0.3 is 14.8 Å². The molecule has 2 atom stereocenters. The Labute approximate surface area is 176 Å². The van der Waals surface area contributed by atoms with Gasteiger partial charge in [0.2, 0.25) is 0 Å². The molecule has 0 saturated carbocycles. The van der Waals surface area contributed by atoms with Gasteiger partial charge in [-0.15, -0.1) is 0 Å². The van der Waals surface area contributed by atoms with E-state index in [4.69, 9.17) is 9.47 Å². The van der Waals surface area contributed by atoms with Gasteiger partial charge in [0, 0.05) is 13.5 Å². The molecule has 3 aromatic carbocycles. The lowest BCUT2D eigenvalue weighted by Gasteiger charge is -2.21. The van der Waals surface area contributed by atoms with E-state index in [1.54, 1.807) is 0 Å². The van der Waals surface area contributed by atoms with Gasteiger partial charge in [-0.1, -0.05) is 84.9 Å². The summed E-state index contributed by atoms with van der Waals surface area (Å²) in [5, 5.41) is 2.77. The largest absolute Gasteiger partial charge is 0.467 e. The summed E-state index contributed by atoms with van der Waals surface area (Å²) in [4.78, 5) is 25.1. The van der Waals surface area contributed by atoms with Gasteiger partial charge in [-0.2, -0.15) is 0 Å². The molecule has 0 aliphatic heterocycles. The van der Waals surface area contributed by atoms with Crippen molar-refractivity contribution in [1.29, 1.82) is 0 Å². The lowest BCUT2D eigenvalue weighted by molar-refractivity contribution is -0.146. The fraction of sp³-hybridized carbons (Fsp3) is 0.200. The topological polar surface area (TPSA) is 64.6 Å². The third-order valence-corrected chi connectivity index (χ3v) is 4.88. The molecular weight excluding hydrogens is 378 g/mol. The predicted molar refractivity (Wildman–Crippen MR) is 116 cm³/mol. The molecule has 1 amide bonds. The molecule has 0 heterocycles. The summed E-state index contributed by atoms with van der Waals surface area (Å²) in [6.45, 7) is 0. The fourth-order valence-electron chi connectivity index (χ4n) is 3.30. The number of carbonyl (C=O) groups excluding carboxylic acids is 2. The van der Waals surface area contributed by atoms with Crippen LogP contribution in [0.2, 0.25) is 0 Å². The molecular formula is C25H25NO4. The van der Waals surface area contributed by atoms with E-state index in [2.05, 4.69) is 5.32 Å². The first-order valence-corrected chi connectivity index (χ1v) is 9.72. The Morgan fingerprint density at radius 3 is 1.93 bits per heavy atom. The Hall–Kier alpha value is -3.44. The van der Waals surface area contributed by atoms with Crippen molar-refractivity contribution in [3.63, 3.8) is 0 Å². The van der Waals surface area contributed by atoms with Crippen molar-refractivity contribution >= 4 is 11.9 Å². The van der Waals surface area contributed by atoms with Crippen LogP contribution in [0, 0.1) is 0 Å². The van der Waals surface area contributed by atoms with Crippen LogP contribution in [0.3, 0.4) is 0 Å². The van der Waals surface area contributed by atoms with E-state index in [0.717, 1.165) is 16.7 Å². The number of methoxy groups -OCH3 is 2. The maximum absolute atomic E-state index is 12.8. The molecule has 3 aromatic rings. The standard InChI is InChI=1S/C25H25NO4/c1-29-23(21-11-7-4-8-12-21)24(27)26-22(25(28)30-2)17-18-13-15-20(16-14-18)19-9-5-3-6-10-19/h3-16,22-23H,17H2,1-2H3,(H,26,27)/t22-,23-/m1/s1. The summed E-state index contributed by atoms with van der Waals surface area (Å²) in [5.41, 5.74) is 3.83. The molecule has 5 nitrogen and oxygen atoms in total. The zero-order valence-corrected chi connectivity index (χ0v) is 17.1. The maximum Gasteiger partial charge on any atom is 0.328 e. The zero-order chi connectivity index (χ0) is 21.3. The second-order valence-electron chi connectivity index (χ2n) is 6.88. The predicted octanol–water partition coefficient (Wildman–Crippen LogP) is 3.94. The lowest BCUT2D eigenvalue weighted by Crippen LogP contribution is -2.45. The number of esters is 1. The van der Waals surface area contributed by atoms with Gasteiger partial charge >= 0.3 is 5.97 Å². The number of nitrogens with one attached hydrogen (secondary N) is 1. The van der Waals surface area contributed by atoms with Crippen LogP contribution in [0.25, 0.3) is 11.1 Å². The second kappa shape index (κ2) is 10.4. The van der Waals surface area contributed by atoms with Crippen LogP contribution >= 0.6 is 0 Å². The number of ether oxygens (including phenoxy) is 2. The molecule has 30 heavy (non-hydrogen) atoms. The van der Waals surface area contributed by atoms with Gasteiger partial charge in [0.05, 0.1) is 7.11 Å². The van der Waals surface area contributed by atoms with Crippen LogP contribution in [-0.4, -0.2) is 32.1 Å². The summed E-state index contributed by atoms with van der Waals surface area (Å²) in [7, 11) is 2.78. The second-order valence-corrected chi connectivity index (χ2v) is 6.88. The number of benzene rings is 3. The fourth-order valence-corrected chi connectivity index (χ4v) is 3.30. The molecule has 1 N–H and O–H groups in total. The third kappa shape index (κ3) is 5.33. The Morgan fingerprint density at radius 1 is 0.800 bits per heavy atom. The van der Waals surface area contributed by atoms with Crippen LogP contribution in [0.1, 0.15) is 17.2 Å². The molecule has 0 aromatic heterocycles. The van der Waals surface area contributed by atoms with E-state index in [9.17, 15) is 9.59 Å². The van der Waals surface area contributed by atoms with Crippen molar-refractivity contribution in [3.05, 3.63) is 96.1 Å². The average molecular weight is 403 g/mol. The minimum absolute atomic E-state index is 0.318. The summed E-state index contributed by atoms with van der Waals surface area (Å²) >= 11 is 0. The van der Waals surface area contributed by atoms with Crippen LogP contribution in [-0.2, 0) is 25.5 Å². The van der Waals surface area contributed by atoms with E-state index < -0.39 is 18.1 Å². The first kappa shape index (κ1) is 21.3. The van der Waals surface area contributed by atoms with Crippen molar-refractivity contribution in [3.8, 4) is 11.1 Å². The molecule has 0 aliphatic carbocycles. The van der Waals surface area contributed by atoms with Gasteiger partial charge in [0.1, 0.15) is 6.04 Å². The molecule has 0 radical (unpaired) electrons. The molecule has 0 unspecified atom stereocenters. The van der Waals surface area contributed by atoms with Crippen LogP contribution in [0.5, 0.6) is 0 Å². The van der Waals surface area contributed by atoms with Gasteiger partial charge in [-0.3, -0.25) is 4.79 Å². The first-order valence-electron chi connectivity index (χ1n) is 9.72. The molecule has 0 bridgehead atoms. The number of hydrogen-bond donors (Lipinski definition) is 1. The minimum Gasteiger partial charge on any atom is -0.467 e. The quantitative estimate of drug-likeness (QED) is 0.579. The molecule has 5 heteroatoms. The van der Waals surface area contributed by atoms with E-state index in [1.807, 2.05) is 84.9 Å². The highest BCUT2D eigenvalue weighted by Gasteiger charge is 2.27. The number of carbonyl (C=O) groups is 2. The Balaban J connectivity index is 1.73. The smallest absolute Gasteiger partial charge is 0.328 e. The van der Waals surface area contributed by atoms with Crippen LogP contribution in [0.15, 0.2) is 84.9 Å². The van der Waals surface area contributed by atoms with E-state index in [0.29, 0.717) is 12.0 Å². The van der Waals surface area contributed by atoms with Crippen molar-refractivity contribution in [2.24, 2.45) is 0 Å². The van der Waals surface area contributed by atoms with E-state index >= 15 is 0 Å².